The van der Waals surface area contributed by atoms with Gasteiger partial charge in [0.2, 0.25) is 0 Å². The number of aromatic nitrogens is 1. The van der Waals surface area contributed by atoms with Crippen LogP contribution in [0.4, 0.5) is 5.13 Å². The number of thiazole rings is 1. The van der Waals surface area contributed by atoms with Crippen LogP contribution in [0.3, 0.4) is 0 Å². The van der Waals surface area contributed by atoms with Gasteiger partial charge in [0.25, 0.3) is 5.91 Å². The van der Waals surface area contributed by atoms with Crippen molar-refractivity contribution in [2.45, 2.75) is 6.92 Å². The van der Waals surface area contributed by atoms with E-state index in [1.807, 2.05) is 43.3 Å². The first kappa shape index (κ1) is 15.2. The smallest absolute Gasteiger partial charge is 0.338 e. The summed E-state index contributed by atoms with van der Waals surface area (Å²) in [6.07, 6.45) is 0. The SMILES string of the molecule is Cc1ccccc1C(=O)OCC(=O)Nc1nc2ccccc2s1. The summed E-state index contributed by atoms with van der Waals surface area (Å²) < 4.78 is 6.03. The first-order chi connectivity index (χ1) is 11.1. The van der Waals surface area contributed by atoms with Crippen LogP contribution in [0.25, 0.3) is 10.2 Å². The van der Waals surface area contributed by atoms with Gasteiger partial charge in [0.1, 0.15) is 0 Å². The Hall–Kier alpha value is -2.73. The molecule has 0 unspecified atom stereocenters. The summed E-state index contributed by atoms with van der Waals surface area (Å²) in [5.74, 6) is -0.923. The van der Waals surface area contributed by atoms with E-state index in [1.54, 1.807) is 12.1 Å². The number of rotatable bonds is 4. The van der Waals surface area contributed by atoms with Crippen LogP contribution >= 0.6 is 11.3 Å². The lowest BCUT2D eigenvalue weighted by molar-refractivity contribution is -0.119. The van der Waals surface area contributed by atoms with Gasteiger partial charge in [0, 0.05) is 0 Å². The molecule has 1 aromatic heterocycles. The molecule has 0 aliphatic carbocycles. The van der Waals surface area contributed by atoms with Crippen molar-refractivity contribution in [3.05, 3.63) is 59.7 Å². The van der Waals surface area contributed by atoms with Gasteiger partial charge in [-0.1, -0.05) is 41.7 Å². The minimum atomic E-state index is -0.512. The van der Waals surface area contributed by atoms with Gasteiger partial charge in [0.15, 0.2) is 11.7 Å². The van der Waals surface area contributed by atoms with Gasteiger partial charge in [-0.3, -0.25) is 10.1 Å². The molecule has 0 fully saturated rings. The molecule has 3 aromatic rings. The number of benzene rings is 2. The standard InChI is InChI=1S/C17H14N2O3S/c1-11-6-2-3-7-12(11)16(21)22-10-15(20)19-17-18-13-8-4-5-9-14(13)23-17/h2-9H,10H2,1H3,(H,18,19,20). The van der Waals surface area contributed by atoms with Crippen LogP contribution in [-0.2, 0) is 9.53 Å². The van der Waals surface area contributed by atoms with E-state index >= 15 is 0 Å². The Kier molecular flexibility index (Phi) is 4.34. The second-order valence-electron chi connectivity index (χ2n) is 4.93. The Morgan fingerprint density at radius 3 is 2.65 bits per heavy atom. The van der Waals surface area contributed by atoms with Gasteiger partial charge < -0.3 is 4.74 Å². The molecule has 1 amide bonds. The van der Waals surface area contributed by atoms with Gasteiger partial charge in [-0.2, -0.15) is 0 Å². The van der Waals surface area contributed by atoms with Crippen LogP contribution in [0.5, 0.6) is 0 Å². The summed E-state index contributed by atoms with van der Waals surface area (Å²) in [5, 5.41) is 3.13. The lowest BCUT2D eigenvalue weighted by Crippen LogP contribution is -2.21. The maximum atomic E-state index is 11.9. The van der Waals surface area contributed by atoms with Crippen molar-refractivity contribution in [1.29, 1.82) is 0 Å². The molecule has 0 aliphatic heterocycles. The van der Waals surface area contributed by atoms with Crippen LogP contribution in [0.1, 0.15) is 15.9 Å². The predicted octanol–water partition coefficient (Wildman–Crippen LogP) is 3.40. The number of para-hydroxylation sites is 1. The summed E-state index contributed by atoms with van der Waals surface area (Å²) in [6.45, 7) is 1.47. The van der Waals surface area contributed by atoms with Gasteiger partial charge in [-0.15, -0.1) is 0 Å². The van der Waals surface area contributed by atoms with Crippen LogP contribution in [0, 0.1) is 6.92 Å². The molecule has 2 aromatic carbocycles. The van der Waals surface area contributed by atoms with Gasteiger partial charge in [-0.25, -0.2) is 9.78 Å². The highest BCUT2D eigenvalue weighted by Gasteiger charge is 2.13. The number of ether oxygens (including phenoxy) is 1. The monoisotopic (exact) mass is 326 g/mol. The molecule has 0 bridgehead atoms. The third-order valence-corrected chi connectivity index (χ3v) is 4.19. The zero-order valence-electron chi connectivity index (χ0n) is 12.4. The minimum Gasteiger partial charge on any atom is -0.452 e. The highest BCUT2D eigenvalue weighted by atomic mass is 32.1. The summed E-state index contributed by atoms with van der Waals surface area (Å²) in [4.78, 5) is 28.1. The molecule has 0 saturated carbocycles. The van der Waals surface area contributed by atoms with Crippen molar-refractivity contribution in [1.82, 2.24) is 4.98 Å². The van der Waals surface area contributed by atoms with Crippen LogP contribution in [0.2, 0.25) is 0 Å². The molecule has 0 aliphatic rings. The highest BCUT2D eigenvalue weighted by Crippen LogP contribution is 2.25. The number of carbonyl (C=O) groups is 2. The second kappa shape index (κ2) is 6.58. The van der Waals surface area contributed by atoms with E-state index in [1.165, 1.54) is 11.3 Å². The third-order valence-electron chi connectivity index (χ3n) is 3.24. The first-order valence-corrected chi connectivity index (χ1v) is 7.83. The number of amides is 1. The summed E-state index contributed by atoms with van der Waals surface area (Å²) in [7, 11) is 0. The quantitative estimate of drug-likeness (QED) is 0.746. The van der Waals surface area contributed by atoms with Crippen molar-refractivity contribution in [2.24, 2.45) is 0 Å². The van der Waals surface area contributed by atoms with Crippen LogP contribution in [0.15, 0.2) is 48.5 Å². The van der Waals surface area contributed by atoms with E-state index in [-0.39, 0.29) is 6.61 Å². The number of esters is 1. The van der Waals surface area contributed by atoms with Gasteiger partial charge in [-0.05, 0) is 30.7 Å². The van der Waals surface area contributed by atoms with Crippen molar-refractivity contribution >= 4 is 38.6 Å². The van der Waals surface area contributed by atoms with Crippen molar-refractivity contribution in [2.75, 3.05) is 11.9 Å². The van der Waals surface area contributed by atoms with Crippen LogP contribution in [-0.4, -0.2) is 23.5 Å². The van der Waals surface area contributed by atoms with E-state index in [9.17, 15) is 9.59 Å². The molecule has 1 heterocycles. The first-order valence-electron chi connectivity index (χ1n) is 7.01. The lowest BCUT2D eigenvalue weighted by Gasteiger charge is -2.06. The number of aryl methyl sites for hydroxylation is 1. The van der Waals surface area contributed by atoms with Crippen molar-refractivity contribution in [3.63, 3.8) is 0 Å². The number of hydrogen-bond donors (Lipinski definition) is 1. The molecule has 0 radical (unpaired) electrons. The number of carbonyl (C=O) groups excluding carboxylic acids is 2. The highest BCUT2D eigenvalue weighted by molar-refractivity contribution is 7.22. The molecule has 5 nitrogen and oxygen atoms in total. The number of anilines is 1. The largest absolute Gasteiger partial charge is 0.452 e. The Morgan fingerprint density at radius 1 is 1.13 bits per heavy atom. The Balaban J connectivity index is 1.59. The van der Waals surface area contributed by atoms with Gasteiger partial charge >= 0.3 is 5.97 Å². The molecule has 6 heteroatoms. The molecule has 0 saturated heterocycles. The fraction of sp³-hybridized carbons (Fsp3) is 0.118. The van der Waals surface area contributed by atoms with E-state index in [0.717, 1.165) is 15.8 Å². The molecule has 0 spiro atoms. The Labute approximate surface area is 136 Å². The van der Waals surface area contributed by atoms with Crippen molar-refractivity contribution < 1.29 is 14.3 Å². The van der Waals surface area contributed by atoms with E-state index in [0.29, 0.717) is 10.7 Å². The summed E-state index contributed by atoms with van der Waals surface area (Å²) in [6, 6.07) is 14.7. The van der Waals surface area contributed by atoms with Gasteiger partial charge in [0.05, 0.1) is 15.8 Å². The maximum Gasteiger partial charge on any atom is 0.338 e. The number of nitrogens with one attached hydrogen (secondary N) is 1. The Bertz CT molecular complexity index is 840. The molecule has 3 rings (SSSR count). The maximum absolute atomic E-state index is 11.9. The average Bonchev–Trinajstić information content (AvgIpc) is 2.95. The Morgan fingerprint density at radius 2 is 1.87 bits per heavy atom. The molecular formula is C17H14N2O3S. The van der Waals surface area contributed by atoms with Crippen molar-refractivity contribution in [3.8, 4) is 0 Å². The number of hydrogen-bond acceptors (Lipinski definition) is 5. The average molecular weight is 326 g/mol. The fourth-order valence-electron chi connectivity index (χ4n) is 2.09. The number of fused-ring (bicyclic) bond motifs is 1. The third kappa shape index (κ3) is 3.54. The fourth-order valence-corrected chi connectivity index (χ4v) is 2.97. The molecule has 0 atom stereocenters. The normalized spacial score (nSPS) is 10.5. The summed E-state index contributed by atoms with van der Waals surface area (Å²) >= 11 is 1.38. The second-order valence-corrected chi connectivity index (χ2v) is 5.96. The number of nitrogens with zero attached hydrogens (tertiary/aromatic N) is 1. The molecular weight excluding hydrogens is 312 g/mol. The molecule has 1 N–H and O–H groups in total. The zero-order chi connectivity index (χ0) is 16.2. The minimum absolute atomic E-state index is 0.344. The summed E-state index contributed by atoms with van der Waals surface area (Å²) in [5.41, 5.74) is 2.09. The van der Waals surface area contributed by atoms with E-state index in [2.05, 4.69) is 10.3 Å². The van der Waals surface area contributed by atoms with Crippen LogP contribution < -0.4 is 5.32 Å². The molecule has 116 valence electrons. The zero-order valence-corrected chi connectivity index (χ0v) is 13.2. The topological polar surface area (TPSA) is 68.3 Å². The molecule has 23 heavy (non-hydrogen) atoms. The van der Waals surface area contributed by atoms with E-state index < -0.39 is 11.9 Å². The lowest BCUT2D eigenvalue weighted by atomic mass is 10.1. The van der Waals surface area contributed by atoms with E-state index in [4.69, 9.17) is 4.74 Å². The predicted molar refractivity (Wildman–Crippen MR) is 89.7 cm³/mol.